The lowest BCUT2D eigenvalue weighted by Gasteiger charge is -2.09. The first-order valence-electron chi connectivity index (χ1n) is 5.39. The number of anilines is 2. The zero-order valence-corrected chi connectivity index (χ0v) is 10.5. The molecule has 0 spiro atoms. The molecule has 0 aliphatic carbocycles. The number of carbonyl (C=O) groups excluding carboxylic acids is 1. The van der Waals surface area contributed by atoms with Crippen LogP contribution >= 0.6 is 11.6 Å². The molecule has 2 rings (SSSR count). The molecule has 2 aromatic rings. The van der Waals surface area contributed by atoms with Crippen LogP contribution in [0.1, 0.15) is 17.3 Å². The molecule has 0 bridgehead atoms. The van der Waals surface area contributed by atoms with Crippen LogP contribution in [0.5, 0.6) is 0 Å². The third-order valence-electron chi connectivity index (χ3n) is 2.48. The number of halogens is 2. The van der Waals surface area contributed by atoms with Gasteiger partial charge in [0.2, 0.25) is 0 Å². The van der Waals surface area contributed by atoms with E-state index in [0.29, 0.717) is 22.0 Å². The van der Waals surface area contributed by atoms with Gasteiger partial charge in [-0.15, -0.1) is 0 Å². The Kier molecular flexibility index (Phi) is 3.63. The van der Waals surface area contributed by atoms with Gasteiger partial charge in [0.15, 0.2) is 5.78 Å². The summed E-state index contributed by atoms with van der Waals surface area (Å²) in [5.74, 6) is -0.382. The Morgan fingerprint density at radius 1 is 1.22 bits per heavy atom. The quantitative estimate of drug-likeness (QED) is 0.830. The molecular weight excluding hydrogens is 253 g/mol. The zero-order valence-electron chi connectivity index (χ0n) is 9.71. The molecule has 0 aliphatic rings. The van der Waals surface area contributed by atoms with Gasteiger partial charge >= 0.3 is 0 Å². The maximum atomic E-state index is 13.1. The third kappa shape index (κ3) is 2.87. The highest BCUT2D eigenvalue weighted by Crippen LogP contribution is 2.27. The summed E-state index contributed by atoms with van der Waals surface area (Å²) < 4.78 is 13.1. The standard InChI is InChI=1S/C14H11ClFNO/c1-9(18)10-5-6-13(15)14(7-10)17-12-4-2-3-11(16)8-12/h2-8,17H,1H3. The zero-order chi connectivity index (χ0) is 13.1. The number of ketones is 1. The summed E-state index contributed by atoms with van der Waals surface area (Å²) >= 11 is 6.02. The highest BCUT2D eigenvalue weighted by Gasteiger charge is 2.06. The highest BCUT2D eigenvalue weighted by molar-refractivity contribution is 6.33. The van der Waals surface area contributed by atoms with Gasteiger partial charge in [-0.1, -0.05) is 17.7 Å². The summed E-state index contributed by atoms with van der Waals surface area (Å²) in [5, 5.41) is 3.46. The smallest absolute Gasteiger partial charge is 0.159 e. The van der Waals surface area contributed by atoms with Crippen molar-refractivity contribution in [1.82, 2.24) is 0 Å². The Morgan fingerprint density at radius 3 is 2.67 bits per heavy atom. The molecule has 92 valence electrons. The third-order valence-corrected chi connectivity index (χ3v) is 2.81. The van der Waals surface area contributed by atoms with Crippen molar-refractivity contribution in [3.63, 3.8) is 0 Å². The minimum atomic E-state index is -0.334. The van der Waals surface area contributed by atoms with Gasteiger partial charge in [0.25, 0.3) is 0 Å². The second-order valence-corrected chi connectivity index (χ2v) is 4.29. The van der Waals surface area contributed by atoms with Gasteiger partial charge < -0.3 is 5.32 Å². The maximum absolute atomic E-state index is 13.1. The van der Waals surface area contributed by atoms with Crippen molar-refractivity contribution < 1.29 is 9.18 Å². The topological polar surface area (TPSA) is 29.1 Å². The number of rotatable bonds is 3. The van der Waals surface area contributed by atoms with Crippen molar-refractivity contribution in [3.8, 4) is 0 Å². The Bertz CT molecular complexity index is 598. The molecule has 2 nitrogen and oxygen atoms in total. The molecule has 0 saturated carbocycles. The first-order chi connectivity index (χ1) is 8.56. The summed E-state index contributed by atoms with van der Waals surface area (Å²) in [7, 11) is 0. The molecule has 18 heavy (non-hydrogen) atoms. The van der Waals surface area contributed by atoms with Gasteiger partial charge in [0.05, 0.1) is 10.7 Å². The van der Waals surface area contributed by atoms with E-state index in [0.717, 1.165) is 0 Å². The van der Waals surface area contributed by atoms with Gasteiger partial charge in [-0.05, 0) is 43.3 Å². The largest absolute Gasteiger partial charge is 0.354 e. The highest BCUT2D eigenvalue weighted by atomic mass is 35.5. The van der Waals surface area contributed by atoms with E-state index in [-0.39, 0.29) is 11.6 Å². The molecule has 0 unspecified atom stereocenters. The Hall–Kier alpha value is -1.87. The maximum Gasteiger partial charge on any atom is 0.159 e. The predicted molar refractivity (Wildman–Crippen MR) is 71.1 cm³/mol. The van der Waals surface area contributed by atoms with Gasteiger partial charge in [0.1, 0.15) is 5.82 Å². The van der Waals surface area contributed by atoms with Crippen LogP contribution in [0.2, 0.25) is 5.02 Å². The Labute approximate surface area is 109 Å². The van der Waals surface area contributed by atoms with Crippen molar-refractivity contribution in [2.24, 2.45) is 0 Å². The number of benzene rings is 2. The van der Waals surface area contributed by atoms with Gasteiger partial charge in [-0.2, -0.15) is 0 Å². The van der Waals surface area contributed by atoms with E-state index >= 15 is 0 Å². The van der Waals surface area contributed by atoms with Crippen LogP contribution in [0.15, 0.2) is 42.5 Å². The van der Waals surface area contributed by atoms with Crippen molar-refractivity contribution in [2.45, 2.75) is 6.92 Å². The molecule has 0 radical (unpaired) electrons. The number of hydrogen-bond donors (Lipinski definition) is 1. The van der Waals surface area contributed by atoms with Crippen LogP contribution in [0, 0.1) is 5.82 Å². The number of hydrogen-bond acceptors (Lipinski definition) is 2. The molecule has 0 amide bonds. The van der Waals surface area contributed by atoms with Crippen LogP contribution in [0.4, 0.5) is 15.8 Å². The van der Waals surface area contributed by atoms with Crippen LogP contribution in [0.3, 0.4) is 0 Å². The molecule has 1 N–H and O–H groups in total. The second-order valence-electron chi connectivity index (χ2n) is 3.89. The first kappa shape index (κ1) is 12.6. The lowest BCUT2D eigenvalue weighted by molar-refractivity contribution is 0.101. The molecule has 0 heterocycles. The first-order valence-corrected chi connectivity index (χ1v) is 5.77. The van der Waals surface area contributed by atoms with Crippen LogP contribution in [-0.4, -0.2) is 5.78 Å². The Balaban J connectivity index is 2.33. The van der Waals surface area contributed by atoms with Crippen molar-refractivity contribution in [3.05, 3.63) is 58.9 Å². The summed E-state index contributed by atoms with van der Waals surface area (Å²) in [5.41, 5.74) is 1.71. The number of Topliss-reactive ketones (excluding diaryl/α,β-unsaturated/α-hetero) is 1. The fraction of sp³-hybridized carbons (Fsp3) is 0.0714. The van der Waals surface area contributed by atoms with E-state index < -0.39 is 0 Å². The summed E-state index contributed by atoms with van der Waals surface area (Å²) in [6, 6.07) is 11.0. The Morgan fingerprint density at radius 2 is 2.00 bits per heavy atom. The SMILES string of the molecule is CC(=O)c1ccc(Cl)c(Nc2cccc(F)c2)c1. The fourth-order valence-electron chi connectivity index (χ4n) is 1.56. The molecule has 0 fully saturated rings. The molecule has 0 aromatic heterocycles. The predicted octanol–water partition coefficient (Wildman–Crippen LogP) is 4.43. The average Bonchev–Trinajstić information content (AvgIpc) is 2.31. The monoisotopic (exact) mass is 263 g/mol. The van der Waals surface area contributed by atoms with E-state index in [1.54, 1.807) is 30.3 Å². The molecule has 0 atom stereocenters. The normalized spacial score (nSPS) is 10.2. The van der Waals surface area contributed by atoms with E-state index in [1.807, 2.05) is 0 Å². The summed E-state index contributed by atoms with van der Waals surface area (Å²) in [6.07, 6.45) is 0. The van der Waals surface area contributed by atoms with E-state index in [2.05, 4.69) is 5.32 Å². The molecule has 0 aliphatic heterocycles. The van der Waals surface area contributed by atoms with E-state index in [9.17, 15) is 9.18 Å². The van der Waals surface area contributed by atoms with Crippen molar-refractivity contribution in [2.75, 3.05) is 5.32 Å². The van der Waals surface area contributed by atoms with Gasteiger partial charge in [-0.25, -0.2) is 4.39 Å². The van der Waals surface area contributed by atoms with Crippen molar-refractivity contribution in [1.29, 1.82) is 0 Å². The van der Waals surface area contributed by atoms with E-state index in [1.165, 1.54) is 19.1 Å². The lowest BCUT2D eigenvalue weighted by Crippen LogP contribution is -1.96. The minimum absolute atomic E-state index is 0.0473. The molecule has 2 aromatic carbocycles. The molecular formula is C14H11ClFNO. The van der Waals surface area contributed by atoms with Crippen LogP contribution in [0.25, 0.3) is 0 Å². The van der Waals surface area contributed by atoms with Gasteiger partial charge in [0, 0.05) is 11.3 Å². The van der Waals surface area contributed by atoms with Crippen LogP contribution in [-0.2, 0) is 0 Å². The molecule has 0 saturated heterocycles. The summed E-state index contributed by atoms with van der Waals surface area (Å²) in [6.45, 7) is 1.48. The fourth-order valence-corrected chi connectivity index (χ4v) is 1.73. The van der Waals surface area contributed by atoms with Crippen LogP contribution < -0.4 is 5.32 Å². The lowest BCUT2D eigenvalue weighted by atomic mass is 10.1. The summed E-state index contributed by atoms with van der Waals surface area (Å²) in [4.78, 5) is 11.3. The van der Waals surface area contributed by atoms with Crippen molar-refractivity contribution >= 4 is 28.8 Å². The number of nitrogens with one attached hydrogen (secondary N) is 1. The average molecular weight is 264 g/mol. The second kappa shape index (κ2) is 5.19. The van der Waals surface area contributed by atoms with Gasteiger partial charge in [-0.3, -0.25) is 4.79 Å². The van der Waals surface area contributed by atoms with E-state index in [4.69, 9.17) is 11.6 Å². The number of carbonyl (C=O) groups is 1. The minimum Gasteiger partial charge on any atom is -0.354 e. The molecule has 4 heteroatoms.